The Hall–Kier alpha value is -1.19. The third kappa shape index (κ3) is 6.48. The molecule has 0 radical (unpaired) electrons. The van der Waals surface area contributed by atoms with Crippen LogP contribution < -0.4 is 0 Å². The zero-order valence-electron chi connectivity index (χ0n) is 19.5. The second-order valence-electron chi connectivity index (χ2n) is 9.98. The van der Waals surface area contributed by atoms with Crippen LogP contribution in [0.1, 0.15) is 74.7 Å². The summed E-state index contributed by atoms with van der Waals surface area (Å²) in [5.41, 5.74) is 1.62. The van der Waals surface area contributed by atoms with Crippen molar-refractivity contribution in [1.82, 2.24) is 4.31 Å². The van der Waals surface area contributed by atoms with E-state index in [9.17, 15) is 27.0 Å². The highest BCUT2D eigenvalue weighted by atomic mass is 32.2. The fourth-order valence-electron chi connectivity index (χ4n) is 4.82. The van der Waals surface area contributed by atoms with E-state index in [4.69, 9.17) is 0 Å². The van der Waals surface area contributed by atoms with Gasteiger partial charge in [-0.3, -0.25) is 9.59 Å². The fraction of sp³-hybridized carbons (Fsp3) is 0.667. The first-order valence-corrected chi connectivity index (χ1v) is 14.2. The molecule has 0 N–H and O–H groups in total. The largest absolute Gasteiger partial charge is 0.464 e. The maximum atomic E-state index is 13.6. The molecule has 184 valence electrons. The van der Waals surface area contributed by atoms with Crippen LogP contribution in [-0.4, -0.2) is 55.4 Å². The van der Waals surface area contributed by atoms with Crippen molar-refractivity contribution in [2.24, 2.45) is 5.41 Å². The van der Waals surface area contributed by atoms with Crippen LogP contribution in [-0.2, 0) is 26.7 Å². The lowest BCUT2D eigenvalue weighted by molar-refractivity contribution is -0.161. The molecule has 0 spiro atoms. The molecule has 2 aliphatic rings. The molecule has 2 fully saturated rings. The fourth-order valence-corrected chi connectivity index (χ4v) is 9.02. The summed E-state index contributed by atoms with van der Waals surface area (Å²) < 4.78 is 51.1. The number of alkyl halides is 3. The SMILES string of the molecule is CC(C)(C)C(C(=O)c1ccc(C2CCCCC2)cc1)[S+]1CCN(S(=O)C(=O)C(F)(F)F)CC1. The monoisotopic (exact) mass is 504 g/mol. The molecule has 0 bridgehead atoms. The summed E-state index contributed by atoms with van der Waals surface area (Å²) in [6, 6.07) is 7.98. The number of rotatable bonds is 5. The summed E-state index contributed by atoms with van der Waals surface area (Å²) >= 11 is 0. The first-order chi connectivity index (χ1) is 15.4. The van der Waals surface area contributed by atoms with E-state index < -0.39 is 22.3 Å². The maximum Gasteiger partial charge on any atom is 0.464 e. The predicted molar refractivity (Wildman–Crippen MR) is 128 cm³/mol. The highest BCUT2D eigenvalue weighted by molar-refractivity contribution is 7.99. The zero-order valence-corrected chi connectivity index (χ0v) is 21.1. The van der Waals surface area contributed by atoms with E-state index in [-0.39, 0.29) is 40.4 Å². The molecule has 4 nitrogen and oxygen atoms in total. The normalized spacial score (nSPS) is 21.5. The Morgan fingerprint density at radius 2 is 1.55 bits per heavy atom. The summed E-state index contributed by atoms with van der Waals surface area (Å²) in [6.45, 7) is 6.25. The predicted octanol–water partition coefficient (Wildman–Crippen LogP) is 5.02. The second-order valence-corrected chi connectivity index (χ2v) is 13.7. The number of hydrogen-bond acceptors (Lipinski definition) is 3. The van der Waals surface area contributed by atoms with Gasteiger partial charge in [0, 0.05) is 21.9 Å². The lowest BCUT2D eigenvalue weighted by Gasteiger charge is -2.33. The Morgan fingerprint density at radius 1 is 1.00 bits per heavy atom. The minimum absolute atomic E-state index is 0.0574. The second kappa shape index (κ2) is 10.6. The van der Waals surface area contributed by atoms with Crippen LogP contribution in [0.2, 0.25) is 0 Å². The number of carbonyl (C=O) groups excluding carboxylic acids is 2. The summed E-state index contributed by atoms with van der Waals surface area (Å²) in [5, 5.41) is -2.50. The van der Waals surface area contributed by atoms with Gasteiger partial charge in [-0.15, -0.1) is 0 Å². The number of carbonyl (C=O) groups is 2. The van der Waals surface area contributed by atoms with E-state index in [1.807, 2.05) is 32.9 Å². The van der Waals surface area contributed by atoms with Crippen molar-refractivity contribution < 1.29 is 27.0 Å². The Labute approximate surface area is 199 Å². The third-order valence-electron chi connectivity index (χ3n) is 6.46. The molecule has 1 aliphatic carbocycles. The van der Waals surface area contributed by atoms with E-state index >= 15 is 0 Å². The van der Waals surface area contributed by atoms with Crippen LogP contribution in [0.5, 0.6) is 0 Å². The molecule has 1 aromatic carbocycles. The Morgan fingerprint density at radius 3 is 2.03 bits per heavy atom. The average molecular weight is 505 g/mol. The maximum absolute atomic E-state index is 13.6. The Kier molecular flexibility index (Phi) is 8.49. The van der Waals surface area contributed by atoms with Gasteiger partial charge in [-0.05, 0) is 24.3 Å². The van der Waals surface area contributed by atoms with Gasteiger partial charge in [-0.2, -0.15) is 13.2 Å². The molecule has 1 aliphatic heterocycles. The molecule has 0 aromatic heterocycles. The number of benzene rings is 1. The molecule has 2 unspecified atom stereocenters. The lowest BCUT2D eigenvalue weighted by Crippen LogP contribution is -2.52. The van der Waals surface area contributed by atoms with Crippen LogP contribution >= 0.6 is 0 Å². The van der Waals surface area contributed by atoms with Gasteiger partial charge in [0.1, 0.15) is 11.5 Å². The molecule has 9 heteroatoms. The Bertz CT molecular complexity index is 866. The van der Waals surface area contributed by atoms with Gasteiger partial charge in [-0.1, -0.05) is 64.3 Å². The summed E-state index contributed by atoms with van der Waals surface area (Å²) in [4.78, 5) is 24.9. The first-order valence-electron chi connectivity index (χ1n) is 11.5. The molecule has 33 heavy (non-hydrogen) atoms. The van der Waals surface area contributed by atoms with Crippen molar-refractivity contribution in [3.05, 3.63) is 35.4 Å². The van der Waals surface area contributed by atoms with Crippen LogP contribution in [0, 0.1) is 5.41 Å². The van der Waals surface area contributed by atoms with E-state index in [2.05, 4.69) is 12.1 Å². The number of hydrogen-bond donors (Lipinski definition) is 0. The minimum Gasteiger partial charge on any atom is -0.288 e. The van der Waals surface area contributed by atoms with Crippen molar-refractivity contribution >= 4 is 32.8 Å². The van der Waals surface area contributed by atoms with E-state index in [1.165, 1.54) is 37.7 Å². The molecule has 0 amide bonds. The average Bonchev–Trinajstić information content (AvgIpc) is 2.78. The number of Topliss-reactive ketones (excluding diaryl/α,β-unsaturated/α-hetero) is 1. The topological polar surface area (TPSA) is 54.5 Å². The van der Waals surface area contributed by atoms with Crippen LogP contribution in [0.15, 0.2) is 24.3 Å². The molecule has 1 aromatic rings. The highest BCUT2D eigenvalue weighted by Crippen LogP contribution is 2.35. The zero-order chi connectivity index (χ0) is 24.4. The van der Waals surface area contributed by atoms with Gasteiger partial charge in [-0.25, -0.2) is 8.51 Å². The van der Waals surface area contributed by atoms with Crippen LogP contribution in [0.3, 0.4) is 0 Å². The van der Waals surface area contributed by atoms with Crippen LogP contribution in [0.25, 0.3) is 0 Å². The quantitative estimate of drug-likeness (QED) is 0.418. The summed E-state index contributed by atoms with van der Waals surface area (Å²) in [7, 11) is -3.12. The van der Waals surface area contributed by atoms with Gasteiger partial charge in [0.15, 0.2) is 16.2 Å². The van der Waals surface area contributed by atoms with E-state index in [0.29, 0.717) is 23.0 Å². The number of halogens is 3. The molecular weight excluding hydrogens is 471 g/mol. The van der Waals surface area contributed by atoms with Crippen molar-refractivity contribution in [3.8, 4) is 0 Å². The standard InChI is InChI=1S/C24H33F3NO3S2/c1-23(2,3)21(32-15-13-28(14-16-32)33(31)22(30)24(25,26)27)20(29)19-11-9-18(10-12-19)17-7-5-4-6-8-17/h9-12,17,21H,4-8,13-16H2,1-3H3/q+1. The smallest absolute Gasteiger partial charge is 0.288 e. The van der Waals surface area contributed by atoms with Crippen molar-refractivity contribution in [2.45, 2.75) is 70.2 Å². The van der Waals surface area contributed by atoms with Crippen molar-refractivity contribution in [2.75, 3.05) is 24.6 Å². The number of nitrogens with zero attached hydrogens (tertiary/aromatic N) is 1. The third-order valence-corrected chi connectivity index (χ3v) is 10.8. The van der Waals surface area contributed by atoms with E-state index in [0.717, 1.165) is 4.31 Å². The van der Waals surface area contributed by atoms with Gasteiger partial charge in [0.25, 0.3) is 0 Å². The van der Waals surface area contributed by atoms with Crippen molar-refractivity contribution in [3.63, 3.8) is 0 Å². The molecule has 3 rings (SSSR count). The summed E-state index contributed by atoms with van der Waals surface area (Å²) in [6.07, 6.45) is 1.05. The molecule has 1 saturated carbocycles. The highest BCUT2D eigenvalue weighted by Gasteiger charge is 2.50. The lowest BCUT2D eigenvalue weighted by atomic mass is 9.83. The molecular formula is C24H33F3NO3S2+. The molecule has 1 saturated heterocycles. The minimum atomic E-state index is -5.11. The number of ketones is 1. The summed E-state index contributed by atoms with van der Waals surface area (Å²) in [5.74, 6) is 1.52. The van der Waals surface area contributed by atoms with Gasteiger partial charge in [0.05, 0.1) is 13.1 Å². The first kappa shape index (κ1) is 26.4. The molecule has 2 atom stereocenters. The van der Waals surface area contributed by atoms with Gasteiger partial charge >= 0.3 is 11.3 Å². The van der Waals surface area contributed by atoms with E-state index in [1.54, 1.807) is 0 Å². The van der Waals surface area contributed by atoms with Gasteiger partial charge < -0.3 is 0 Å². The van der Waals surface area contributed by atoms with Gasteiger partial charge in [0.2, 0.25) is 5.78 Å². The van der Waals surface area contributed by atoms with Crippen LogP contribution in [0.4, 0.5) is 13.2 Å². The molecule has 1 heterocycles. The Balaban J connectivity index is 1.70. The van der Waals surface area contributed by atoms with Crippen molar-refractivity contribution in [1.29, 1.82) is 0 Å².